The predicted molar refractivity (Wildman–Crippen MR) is 155 cm³/mol. The summed E-state index contributed by atoms with van der Waals surface area (Å²) in [6.45, 7) is 7.53. The quantitative estimate of drug-likeness (QED) is 0.405. The Morgan fingerprint density at radius 1 is 1.07 bits per heavy atom. The van der Waals surface area contributed by atoms with E-state index in [0.29, 0.717) is 54.6 Å². The van der Waals surface area contributed by atoms with Crippen LogP contribution in [0.2, 0.25) is 5.02 Å². The fourth-order valence-corrected chi connectivity index (χ4v) is 5.65. The largest absolute Gasteiger partial charge is 0.496 e. The van der Waals surface area contributed by atoms with Gasteiger partial charge in [-0.2, -0.15) is 13.2 Å². The van der Waals surface area contributed by atoms with Crippen LogP contribution in [0.25, 0.3) is 0 Å². The molecule has 0 unspecified atom stereocenters. The molecule has 2 atom stereocenters. The molecule has 1 fully saturated rings. The van der Waals surface area contributed by atoms with Crippen molar-refractivity contribution < 1.29 is 27.5 Å². The number of alkyl halides is 3. The van der Waals surface area contributed by atoms with E-state index in [1.807, 2.05) is 31.7 Å². The van der Waals surface area contributed by atoms with Crippen LogP contribution < -0.4 is 15.0 Å². The molecule has 3 rings (SSSR count). The molecule has 2 amide bonds. The summed E-state index contributed by atoms with van der Waals surface area (Å²) in [6, 6.07) is 8.54. The van der Waals surface area contributed by atoms with E-state index >= 15 is 0 Å². The standard InChI is InChI=1S/C30H40ClF3N4O3/c1-19(2)28(36(5)27(39)18-35-4)24-16-22(30(32,33)34)8-10-25(24)37-11-13-38(14-12-37)29(40)20(3)15-21-7-9-23(31)17-26(21)41-6/h7-10,16-17,19-20,28,35H,11-15,18H2,1-6H3/t20-,28+/m1/s1. The fourth-order valence-electron chi connectivity index (χ4n) is 5.49. The minimum Gasteiger partial charge on any atom is -0.496 e. The lowest BCUT2D eigenvalue weighted by Crippen LogP contribution is -2.51. The Morgan fingerprint density at radius 2 is 1.73 bits per heavy atom. The lowest BCUT2D eigenvalue weighted by Gasteiger charge is -2.40. The van der Waals surface area contributed by atoms with E-state index in [0.717, 1.165) is 11.6 Å². The second-order valence-corrected chi connectivity index (χ2v) is 11.3. The number of carbonyl (C=O) groups is 2. The second kappa shape index (κ2) is 13.8. The van der Waals surface area contributed by atoms with Crippen molar-refractivity contribution >= 4 is 29.1 Å². The average Bonchev–Trinajstić information content (AvgIpc) is 2.93. The number of carbonyl (C=O) groups excluding carboxylic acids is 2. The third-order valence-corrected chi connectivity index (χ3v) is 7.81. The summed E-state index contributed by atoms with van der Waals surface area (Å²) in [5.41, 5.74) is 1.23. The molecule has 0 spiro atoms. The van der Waals surface area contributed by atoms with Gasteiger partial charge in [0.1, 0.15) is 5.75 Å². The van der Waals surface area contributed by atoms with Gasteiger partial charge >= 0.3 is 6.18 Å². The first kappa shape index (κ1) is 32.5. The minimum atomic E-state index is -4.52. The van der Waals surface area contributed by atoms with Crippen LogP contribution >= 0.6 is 11.6 Å². The zero-order valence-electron chi connectivity index (χ0n) is 24.5. The first-order chi connectivity index (χ1) is 19.3. The molecule has 7 nitrogen and oxygen atoms in total. The van der Waals surface area contributed by atoms with E-state index in [-0.39, 0.29) is 30.2 Å². The number of hydrogen-bond donors (Lipinski definition) is 1. The Balaban J connectivity index is 1.82. The molecule has 41 heavy (non-hydrogen) atoms. The molecule has 1 saturated heterocycles. The summed E-state index contributed by atoms with van der Waals surface area (Å²) in [5, 5.41) is 3.38. The number of ether oxygens (including phenoxy) is 1. The molecule has 226 valence electrons. The van der Waals surface area contributed by atoms with Gasteiger partial charge in [-0.1, -0.05) is 38.4 Å². The Bertz CT molecular complexity index is 1220. The maximum Gasteiger partial charge on any atom is 0.416 e. The van der Waals surface area contributed by atoms with Gasteiger partial charge in [-0.05, 0) is 60.8 Å². The maximum atomic E-state index is 13.8. The molecule has 0 saturated carbocycles. The molecule has 2 aromatic carbocycles. The topological polar surface area (TPSA) is 65.1 Å². The summed E-state index contributed by atoms with van der Waals surface area (Å²) >= 11 is 6.07. The zero-order valence-corrected chi connectivity index (χ0v) is 25.3. The summed E-state index contributed by atoms with van der Waals surface area (Å²) < 4.78 is 46.7. The van der Waals surface area contributed by atoms with Crippen LogP contribution in [0.4, 0.5) is 18.9 Å². The van der Waals surface area contributed by atoms with Crippen molar-refractivity contribution in [3.63, 3.8) is 0 Å². The van der Waals surface area contributed by atoms with Crippen LogP contribution in [0.15, 0.2) is 36.4 Å². The van der Waals surface area contributed by atoms with Crippen molar-refractivity contribution in [1.82, 2.24) is 15.1 Å². The van der Waals surface area contributed by atoms with Crippen molar-refractivity contribution in [1.29, 1.82) is 0 Å². The molecule has 0 radical (unpaired) electrons. The number of likely N-dealkylation sites (N-methyl/N-ethyl adjacent to an activating group) is 2. The van der Waals surface area contributed by atoms with Crippen LogP contribution in [0.5, 0.6) is 5.75 Å². The van der Waals surface area contributed by atoms with Crippen LogP contribution in [0, 0.1) is 11.8 Å². The number of amides is 2. The number of rotatable bonds is 10. The third-order valence-electron chi connectivity index (χ3n) is 7.57. The SMILES string of the molecule is CNCC(=O)N(C)[C@H](c1cc(C(F)(F)F)ccc1N1CCN(C(=O)[C@H](C)Cc2ccc(Cl)cc2OC)CC1)C(C)C. The molecular formula is C30H40ClF3N4O3. The monoisotopic (exact) mass is 596 g/mol. The molecule has 0 aliphatic carbocycles. The highest BCUT2D eigenvalue weighted by atomic mass is 35.5. The Hall–Kier alpha value is -2.98. The minimum absolute atomic E-state index is 0.00625. The van der Waals surface area contributed by atoms with Gasteiger partial charge in [-0.25, -0.2) is 0 Å². The number of nitrogens with zero attached hydrogens (tertiary/aromatic N) is 3. The van der Waals surface area contributed by atoms with Crippen LogP contribution in [0.3, 0.4) is 0 Å². The van der Waals surface area contributed by atoms with Crippen LogP contribution in [0.1, 0.15) is 43.5 Å². The fraction of sp³-hybridized carbons (Fsp3) is 0.533. The summed E-state index contributed by atoms with van der Waals surface area (Å²) in [4.78, 5) is 31.4. The van der Waals surface area contributed by atoms with Crippen molar-refractivity contribution in [2.45, 2.75) is 39.4 Å². The lowest BCUT2D eigenvalue weighted by molar-refractivity contribution is -0.138. The van der Waals surface area contributed by atoms with Gasteiger partial charge in [0, 0.05) is 49.9 Å². The normalized spacial score (nSPS) is 15.6. The molecule has 11 heteroatoms. The molecular weight excluding hydrogens is 557 g/mol. The first-order valence-electron chi connectivity index (χ1n) is 13.8. The molecule has 0 aromatic heterocycles. The molecule has 0 bridgehead atoms. The molecule has 1 heterocycles. The van der Waals surface area contributed by atoms with Crippen LogP contribution in [-0.2, 0) is 22.2 Å². The number of anilines is 1. The Labute approximate surface area is 245 Å². The van der Waals surface area contributed by atoms with Crippen molar-refractivity contribution in [3.05, 3.63) is 58.1 Å². The van der Waals surface area contributed by atoms with Gasteiger partial charge < -0.3 is 24.8 Å². The van der Waals surface area contributed by atoms with Crippen LogP contribution in [-0.4, -0.2) is 75.5 Å². The highest BCUT2D eigenvalue weighted by molar-refractivity contribution is 6.30. The number of benzene rings is 2. The van der Waals surface area contributed by atoms with E-state index in [1.165, 1.54) is 17.0 Å². The number of piperazine rings is 1. The number of nitrogens with one attached hydrogen (secondary N) is 1. The van der Waals surface area contributed by atoms with E-state index in [9.17, 15) is 22.8 Å². The van der Waals surface area contributed by atoms with Gasteiger partial charge in [0.15, 0.2) is 0 Å². The highest BCUT2D eigenvalue weighted by Crippen LogP contribution is 2.40. The van der Waals surface area contributed by atoms with Gasteiger partial charge in [0.05, 0.1) is 25.3 Å². The molecule has 1 aliphatic heterocycles. The third kappa shape index (κ3) is 7.86. The van der Waals surface area contributed by atoms with Gasteiger partial charge in [-0.3, -0.25) is 9.59 Å². The molecule has 2 aromatic rings. The Kier molecular flexibility index (Phi) is 10.9. The molecule has 1 aliphatic rings. The predicted octanol–water partition coefficient (Wildman–Crippen LogP) is 5.27. The van der Waals surface area contributed by atoms with Gasteiger partial charge in [0.25, 0.3) is 0 Å². The van der Waals surface area contributed by atoms with Crippen molar-refractivity contribution in [3.8, 4) is 5.75 Å². The lowest BCUT2D eigenvalue weighted by atomic mass is 9.91. The van der Waals surface area contributed by atoms with Crippen molar-refractivity contribution in [2.75, 3.05) is 58.8 Å². The smallest absolute Gasteiger partial charge is 0.416 e. The van der Waals surface area contributed by atoms with E-state index in [4.69, 9.17) is 16.3 Å². The maximum absolute atomic E-state index is 13.8. The number of halogens is 4. The van der Waals surface area contributed by atoms with E-state index in [1.54, 1.807) is 38.2 Å². The van der Waals surface area contributed by atoms with Gasteiger partial charge in [0.2, 0.25) is 11.8 Å². The summed E-state index contributed by atoms with van der Waals surface area (Å²) in [7, 11) is 4.84. The van der Waals surface area contributed by atoms with Gasteiger partial charge in [-0.15, -0.1) is 0 Å². The molecule has 1 N–H and O–H groups in total. The number of hydrogen-bond acceptors (Lipinski definition) is 5. The second-order valence-electron chi connectivity index (χ2n) is 10.9. The summed E-state index contributed by atoms with van der Waals surface area (Å²) in [6.07, 6.45) is -4.03. The zero-order chi connectivity index (χ0) is 30.5. The van der Waals surface area contributed by atoms with Crippen molar-refractivity contribution in [2.24, 2.45) is 11.8 Å². The van der Waals surface area contributed by atoms with E-state index < -0.39 is 17.8 Å². The Morgan fingerprint density at radius 3 is 2.29 bits per heavy atom. The van der Waals surface area contributed by atoms with E-state index in [2.05, 4.69) is 5.32 Å². The first-order valence-corrected chi connectivity index (χ1v) is 14.1. The average molecular weight is 597 g/mol. The summed E-state index contributed by atoms with van der Waals surface area (Å²) in [5.74, 6) is -0.00950. The highest BCUT2D eigenvalue weighted by Gasteiger charge is 2.35. The number of methoxy groups -OCH3 is 1.